The molecule has 2 aromatic carbocycles. The highest BCUT2D eigenvalue weighted by atomic mass is 32.2. The molecule has 4 bridgehead atoms. The molecule has 98 heavy (non-hydrogen) atoms. The summed E-state index contributed by atoms with van der Waals surface area (Å²) in [4.78, 5) is 186. The number of amides is 11. The lowest BCUT2D eigenvalue weighted by Gasteiger charge is -2.32. The van der Waals surface area contributed by atoms with E-state index in [4.69, 9.17) is 15.3 Å². The Kier molecular flexibility index (Phi) is 33.3. The maximum atomic E-state index is 14.5. The van der Waals surface area contributed by atoms with Crippen LogP contribution in [0.3, 0.4) is 0 Å². The van der Waals surface area contributed by atoms with Gasteiger partial charge in [0.15, 0.2) is 0 Å². The van der Waals surface area contributed by atoms with E-state index in [-0.39, 0.29) is 79.9 Å². The fourth-order valence-corrected chi connectivity index (χ4v) is 12.7. The van der Waals surface area contributed by atoms with Crippen LogP contribution in [0.25, 0.3) is 0 Å². The summed E-state index contributed by atoms with van der Waals surface area (Å²) >= 11 is 2.36. The first-order valence-electron chi connectivity index (χ1n) is 32.7. The fraction of sp³-hybridized carbons (Fsp3) is 0.594. The molecule has 1 fully saturated rings. The predicted molar refractivity (Wildman–Crippen MR) is 353 cm³/mol. The number of oxime groups is 1. The Bertz CT molecular complexity index is 3140. The minimum absolute atomic E-state index is 0.0357. The summed E-state index contributed by atoms with van der Waals surface area (Å²) in [6.45, 7) is 6.65. The number of carbonyl (C=O) groups is 13. The molecule has 2 aromatic rings. The highest BCUT2D eigenvalue weighted by molar-refractivity contribution is 7.98. The molecule has 1 saturated heterocycles. The molecular weight excluding hydrogens is 1320 g/mol. The third kappa shape index (κ3) is 27.3. The summed E-state index contributed by atoms with van der Waals surface area (Å²) in [5.74, 6) is -14.2. The monoisotopic (exact) mass is 1410 g/mol. The molecule has 3 heterocycles. The third-order valence-electron chi connectivity index (χ3n) is 16.0. The van der Waals surface area contributed by atoms with Gasteiger partial charge in [-0.15, -0.1) is 0 Å². The molecule has 34 heteroatoms. The van der Waals surface area contributed by atoms with E-state index in [2.05, 4.69) is 58.7 Å². The first-order valence-corrected chi connectivity index (χ1v) is 35.0. The van der Waals surface area contributed by atoms with Gasteiger partial charge in [-0.05, 0) is 138 Å². The van der Waals surface area contributed by atoms with Crippen molar-refractivity contribution in [3.63, 3.8) is 0 Å². The number of phenolic OH excluding ortho intramolecular Hbond substituents is 1. The molecule has 540 valence electrons. The molecule has 0 radical (unpaired) electrons. The van der Waals surface area contributed by atoms with Gasteiger partial charge in [-0.1, -0.05) is 37.2 Å². The number of thioether (sulfide) groups is 2. The summed E-state index contributed by atoms with van der Waals surface area (Å²) in [5, 5.41) is 71.7. The number of quaternary nitrogens is 1. The Morgan fingerprint density at radius 1 is 0.673 bits per heavy atom. The Hall–Kier alpha value is -8.76. The smallest absolute Gasteiger partial charge is 0.266 e. The number of aliphatic carboxylic acids is 2. The summed E-state index contributed by atoms with van der Waals surface area (Å²) in [7, 11) is 0. The van der Waals surface area contributed by atoms with Crippen molar-refractivity contribution in [2.24, 2.45) is 16.8 Å². The molecule has 0 spiro atoms. The van der Waals surface area contributed by atoms with Crippen molar-refractivity contribution in [2.45, 2.75) is 196 Å². The Morgan fingerprint density at radius 2 is 1.28 bits per heavy atom. The van der Waals surface area contributed by atoms with Crippen molar-refractivity contribution in [3.8, 4) is 11.5 Å². The van der Waals surface area contributed by atoms with Gasteiger partial charge in [-0.3, -0.25) is 52.7 Å². The van der Waals surface area contributed by atoms with E-state index in [1.165, 1.54) is 54.7 Å². The van der Waals surface area contributed by atoms with Gasteiger partial charge < -0.3 is 104 Å². The number of aliphatic hydroxyl groups is 1. The second-order valence-electron chi connectivity index (χ2n) is 24.7. The van der Waals surface area contributed by atoms with Crippen LogP contribution >= 0.6 is 23.5 Å². The molecular formula is C64H92N13O19S2-. The van der Waals surface area contributed by atoms with Crippen molar-refractivity contribution in [2.75, 3.05) is 37.8 Å². The van der Waals surface area contributed by atoms with Gasteiger partial charge in [0.05, 0.1) is 19.3 Å². The largest absolute Gasteiger partial charge is 0.550 e. The number of aromatic hydroxyl groups is 1. The predicted octanol–water partition coefficient (Wildman–Crippen LogP) is -4.56. The molecule has 11 atom stereocenters. The molecule has 3 aliphatic rings. The minimum atomic E-state index is -2.03. The molecule has 32 nitrogen and oxygen atoms in total. The molecule has 5 rings (SSSR count). The highest BCUT2D eigenvalue weighted by Crippen LogP contribution is 2.27. The quantitative estimate of drug-likeness (QED) is 0.0747. The SMILES string of the molecule is CC(C)C[C@@H]1NC(=O)[C@H](C)NC(=O)[C@@H]2CSCc3cc(cc(c3)OCCCCCCO/N=C/C(=O)N[C@@H](CCCC[NH3+])C(=O)N2)CSC[C@@H](C(N)=O)NC(=O)[C@H](CCC(=O)[O-])NC(=O)[C@H](Cc2ccc(O)cc2)NC(=O)[C@@H]2CCCN2C(=O)[C@H]([C@@H](C)O)NC(=O)[C@H](CC(=O)[O-])NC1=O. The van der Waals surface area contributed by atoms with E-state index in [0.717, 1.165) is 30.9 Å². The number of ether oxygens (including phenoxy) is 1. The van der Waals surface area contributed by atoms with Crippen LogP contribution in [0.5, 0.6) is 11.5 Å². The second-order valence-corrected chi connectivity index (χ2v) is 26.7. The molecule has 0 unspecified atom stereocenters. The number of carboxylic acid groups (broad SMARTS) is 2. The van der Waals surface area contributed by atoms with Crippen LogP contribution in [0.1, 0.15) is 128 Å². The van der Waals surface area contributed by atoms with Crippen molar-refractivity contribution >= 4 is 107 Å². The van der Waals surface area contributed by atoms with Gasteiger partial charge >= 0.3 is 0 Å². The summed E-state index contributed by atoms with van der Waals surface area (Å²) < 4.78 is 6.24. The number of hydrogen-bond acceptors (Lipinski definition) is 22. The average Bonchev–Trinajstić information content (AvgIpc) is 1.93. The number of benzene rings is 2. The van der Waals surface area contributed by atoms with Crippen LogP contribution in [-0.2, 0) is 85.1 Å². The van der Waals surface area contributed by atoms with Crippen molar-refractivity contribution in [1.82, 2.24) is 52.8 Å². The number of phenols is 1. The van der Waals surface area contributed by atoms with Crippen LogP contribution < -0.4 is 74.3 Å². The maximum Gasteiger partial charge on any atom is 0.266 e. The Balaban J connectivity index is 1.59. The molecule has 0 saturated carbocycles. The summed E-state index contributed by atoms with van der Waals surface area (Å²) in [6.07, 6.45) is 0.155. The van der Waals surface area contributed by atoms with Gasteiger partial charge in [0.2, 0.25) is 59.1 Å². The minimum Gasteiger partial charge on any atom is -0.550 e. The summed E-state index contributed by atoms with van der Waals surface area (Å²) in [6, 6.07) is -4.76. The maximum absolute atomic E-state index is 14.5. The van der Waals surface area contributed by atoms with Gasteiger partial charge in [-0.2, -0.15) is 23.5 Å². The van der Waals surface area contributed by atoms with Crippen LogP contribution in [0, 0.1) is 5.92 Å². The number of hydrogen-bond donors (Lipinski definition) is 13. The van der Waals surface area contributed by atoms with Gasteiger partial charge in [0.25, 0.3) is 5.91 Å². The first kappa shape index (κ1) is 79.9. The Morgan fingerprint density at radius 3 is 1.92 bits per heavy atom. The second kappa shape index (κ2) is 40.8. The van der Waals surface area contributed by atoms with Crippen LogP contribution in [-0.4, -0.2) is 203 Å². The number of carboxylic acids is 2. The zero-order valence-corrected chi connectivity index (χ0v) is 57.1. The van der Waals surface area contributed by atoms with Crippen molar-refractivity contribution < 1.29 is 98.1 Å². The summed E-state index contributed by atoms with van der Waals surface area (Å²) in [5.41, 5.74) is 11.4. The number of nitrogens with two attached hydrogens (primary N) is 1. The number of unbranched alkanes of at least 4 members (excludes halogenated alkanes) is 1. The lowest BCUT2D eigenvalue weighted by Crippen LogP contribution is -2.62. The molecule has 11 amide bonds. The standard InChI is InChI=1S/C64H93N13O19S2/c1-35(2)24-45-59(89)72-47(29-53(83)84)61(91)76-54(37(4)78)64(94)77-21-11-13-50(77)63(93)73-46(28-38-14-16-41(79)17-15-38)60(90)70-44(18-19-52(81)82)58(88)74-48(55(66)85)33-97-31-39-25-40-27-42(26-39)95-22-9-5-6-10-23-96-67-30-51(80)69-43(12-7-8-20-65)57(87)75-49(34-98-32-40)62(92)68-36(3)56(86)71-45/h14-17,25-27,30,35-37,43-50,54,78-79H,5-13,18-24,28-29,31-34,65H2,1-4H3,(H2,66,85)(H,68,92)(H,69,80)(H,70,90)(H,71,86)(H,72,89)(H,73,93)(H,74,88)(H,75,87)(H,76,91)(H,81,82)(H,83,84)/p-1/b67-30+/t36-,37+,43-,44-,45-,46-,47-,48-,49-,50-,54-/m0/s1. The van der Waals surface area contributed by atoms with E-state index in [0.29, 0.717) is 61.3 Å². The van der Waals surface area contributed by atoms with E-state index >= 15 is 0 Å². The van der Waals surface area contributed by atoms with Crippen molar-refractivity contribution in [1.29, 1.82) is 0 Å². The first-order chi connectivity index (χ1) is 46.6. The van der Waals surface area contributed by atoms with E-state index in [1.807, 2.05) is 6.07 Å². The van der Waals surface area contributed by atoms with E-state index in [9.17, 15) is 82.8 Å². The van der Waals surface area contributed by atoms with Gasteiger partial charge in [0.1, 0.15) is 84.7 Å². The fourth-order valence-electron chi connectivity index (χ4n) is 10.7. The van der Waals surface area contributed by atoms with E-state index in [1.54, 1.807) is 26.0 Å². The van der Waals surface area contributed by atoms with Crippen LogP contribution in [0.2, 0.25) is 0 Å². The number of rotatable bonds is 15. The average molecular weight is 1410 g/mol. The third-order valence-corrected chi connectivity index (χ3v) is 18.2. The number of aliphatic hydroxyl groups excluding tert-OH is 1. The topological polar surface area (TPSA) is 504 Å². The zero-order valence-electron chi connectivity index (χ0n) is 55.4. The highest BCUT2D eigenvalue weighted by Gasteiger charge is 2.42. The van der Waals surface area contributed by atoms with Gasteiger partial charge in [0, 0.05) is 54.3 Å². The number of primary amides is 1. The lowest BCUT2D eigenvalue weighted by atomic mass is 10.0. The molecule has 3 aliphatic heterocycles. The molecule has 0 aromatic heterocycles. The van der Waals surface area contributed by atoms with Crippen LogP contribution in [0.4, 0.5) is 0 Å². The van der Waals surface area contributed by atoms with Gasteiger partial charge in [-0.25, -0.2) is 0 Å². The van der Waals surface area contributed by atoms with Crippen LogP contribution in [0.15, 0.2) is 47.6 Å². The number of fused-ring (bicyclic) bond motifs is 6. The normalized spacial score (nSPS) is 25.7. The Labute approximate surface area is 575 Å². The lowest BCUT2D eigenvalue weighted by molar-refractivity contribution is -0.368. The number of nitrogens with zero attached hydrogens (tertiary/aromatic N) is 2. The zero-order chi connectivity index (χ0) is 72.0. The number of nitrogens with one attached hydrogen (secondary N) is 9. The molecule has 0 aliphatic carbocycles. The van der Waals surface area contributed by atoms with Crippen molar-refractivity contribution in [3.05, 3.63) is 59.2 Å². The molecule has 16 N–H and O–H groups in total. The van der Waals surface area contributed by atoms with E-state index < -0.39 is 163 Å². The number of carbonyl (C=O) groups excluding carboxylic acids is 13.